The number of hydrogen-bond donors (Lipinski definition) is 1. The van der Waals surface area contributed by atoms with Gasteiger partial charge in [-0.2, -0.15) is 0 Å². The molecule has 1 N–H and O–H groups in total. The number of fused-ring (bicyclic) bond motifs is 1. The van der Waals surface area contributed by atoms with Gasteiger partial charge >= 0.3 is 5.97 Å². The Hall–Kier alpha value is -4.19. The maximum Gasteiger partial charge on any atom is 0.338 e. The summed E-state index contributed by atoms with van der Waals surface area (Å²) < 4.78 is 5.07. The van der Waals surface area contributed by atoms with Crippen molar-refractivity contribution in [2.75, 3.05) is 11.9 Å². The SMILES string of the molecule is C=CCOC(=O)c1ccc(NC(=O)/C(=N/OCc2ccccc2)c2ccc3c(c2)C(C)(C)CCC3(C)C)cc1. The van der Waals surface area contributed by atoms with E-state index in [0.717, 1.165) is 18.4 Å². The molecular weight excluding hydrogens is 488 g/mol. The molecule has 1 aliphatic rings. The van der Waals surface area contributed by atoms with E-state index in [4.69, 9.17) is 9.57 Å². The number of nitrogens with one attached hydrogen (secondary N) is 1. The zero-order valence-corrected chi connectivity index (χ0v) is 23.1. The summed E-state index contributed by atoms with van der Waals surface area (Å²) in [4.78, 5) is 31.3. The lowest BCUT2D eigenvalue weighted by atomic mass is 9.63. The predicted molar refractivity (Wildman–Crippen MR) is 155 cm³/mol. The van der Waals surface area contributed by atoms with Crippen LogP contribution < -0.4 is 5.32 Å². The average molecular weight is 525 g/mol. The minimum absolute atomic E-state index is 0.0244. The molecule has 1 aliphatic carbocycles. The Bertz CT molecular complexity index is 1370. The molecule has 3 aromatic rings. The number of esters is 1. The van der Waals surface area contributed by atoms with Crippen molar-refractivity contribution in [1.82, 2.24) is 0 Å². The van der Waals surface area contributed by atoms with Crippen LogP contribution in [0.5, 0.6) is 0 Å². The molecule has 0 bridgehead atoms. The van der Waals surface area contributed by atoms with Crippen LogP contribution in [0.25, 0.3) is 0 Å². The van der Waals surface area contributed by atoms with Gasteiger partial charge in [-0.25, -0.2) is 4.79 Å². The number of rotatable bonds is 9. The molecule has 0 saturated carbocycles. The molecule has 202 valence electrons. The number of carbonyl (C=O) groups excluding carboxylic acids is 2. The smallest absolute Gasteiger partial charge is 0.338 e. The van der Waals surface area contributed by atoms with Crippen molar-refractivity contribution in [3.8, 4) is 0 Å². The topological polar surface area (TPSA) is 77.0 Å². The maximum atomic E-state index is 13.5. The van der Waals surface area contributed by atoms with Gasteiger partial charge in [0.25, 0.3) is 5.91 Å². The van der Waals surface area contributed by atoms with Crippen molar-refractivity contribution >= 4 is 23.3 Å². The first-order valence-electron chi connectivity index (χ1n) is 13.2. The van der Waals surface area contributed by atoms with Crippen molar-refractivity contribution in [1.29, 1.82) is 0 Å². The first-order chi connectivity index (χ1) is 18.6. The number of carbonyl (C=O) groups is 2. The number of benzene rings is 3. The maximum absolute atomic E-state index is 13.5. The van der Waals surface area contributed by atoms with Crippen LogP contribution in [0.15, 0.2) is 90.6 Å². The molecule has 0 spiro atoms. The highest BCUT2D eigenvalue weighted by atomic mass is 16.6. The fraction of sp³-hybridized carbons (Fsp3) is 0.303. The third-order valence-electron chi connectivity index (χ3n) is 7.28. The van der Waals surface area contributed by atoms with Crippen molar-refractivity contribution in [3.05, 3.63) is 113 Å². The summed E-state index contributed by atoms with van der Waals surface area (Å²) in [5.41, 5.74) is 5.29. The first-order valence-corrected chi connectivity index (χ1v) is 13.2. The fourth-order valence-corrected chi connectivity index (χ4v) is 4.80. The molecular formula is C33H36N2O4. The van der Waals surface area contributed by atoms with Crippen LogP contribution in [0.1, 0.15) is 73.1 Å². The molecule has 0 unspecified atom stereocenters. The summed E-state index contributed by atoms with van der Waals surface area (Å²) in [6.45, 7) is 12.9. The summed E-state index contributed by atoms with van der Waals surface area (Å²) >= 11 is 0. The number of amides is 1. The van der Waals surface area contributed by atoms with Gasteiger partial charge in [0.15, 0.2) is 5.71 Å². The molecule has 4 rings (SSSR count). The Morgan fingerprint density at radius 3 is 2.21 bits per heavy atom. The molecule has 0 heterocycles. The summed E-state index contributed by atoms with van der Waals surface area (Å²) in [6.07, 6.45) is 3.67. The molecule has 6 heteroatoms. The predicted octanol–water partition coefficient (Wildman–Crippen LogP) is 6.94. The van der Waals surface area contributed by atoms with Gasteiger partial charge < -0.3 is 14.9 Å². The molecule has 0 saturated heterocycles. The Labute approximate surface area is 230 Å². The summed E-state index contributed by atoms with van der Waals surface area (Å²) in [5, 5.41) is 7.22. The molecule has 0 fully saturated rings. The third-order valence-corrected chi connectivity index (χ3v) is 7.28. The highest BCUT2D eigenvalue weighted by Gasteiger charge is 2.37. The van der Waals surface area contributed by atoms with E-state index in [1.165, 1.54) is 17.2 Å². The van der Waals surface area contributed by atoms with E-state index in [9.17, 15) is 9.59 Å². The normalized spacial score (nSPS) is 15.5. The zero-order valence-electron chi connectivity index (χ0n) is 23.1. The molecule has 39 heavy (non-hydrogen) atoms. The van der Waals surface area contributed by atoms with Crippen LogP contribution in [0.2, 0.25) is 0 Å². The van der Waals surface area contributed by atoms with Crippen LogP contribution in [0.3, 0.4) is 0 Å². The largest absolute Gasteiger partial charge is 0.458 e. The minimum Gasteiger partial charge on any atom is -0.458 e. The van der Waals surface area contributed by atoms with Crippen molar-refractivity contribution < 1.29 is 19.2 Å². The van der Waals surface area contributed by atoms with Gasteiger partial charge in [0, 0.05) is 11.3 Å². The van der Waals surface area contributed by atoms with Gasteiger partial charge in [0.05, 0.1) is 5.56 Å². The second-order valence-corrected chi connectivity index (χ2v) is 11.1. The number of oxime groups is 1. The lowest BCUT2D eigenvalue weighted by Crippen LogP contribution is -2.34. The van der Waals surface area contributed by atoms with Crippen molar-refractivity contribution in [2.24, 2.45) is 5.16 Å². The van der Waals surface area contributed by atoms with E-state index in [1.54, 1.807) is 24.3 Å². The zero-order chi connectivity index (χ0) is 28.0. The molecule has 0 aromatic heterocycles. The number of nitrogens with zero attached hydrogens (tertiary/aromatic N) is 1. The lowest BCUT2D eigenvalue weighted by molar-refractivity contribution is -0.110. The third kappa shape index (κ3) is 6.63. The fourth-order valence-electron chi connectivity index (χ4n) is 4.80. The summed E-state index contributed by atoms with van der Waals surface area (Å²) in [6, 6.07) is 22.4. The van der Waals surface area contributed by atoms with Gasteiger partial charge in [-0.05, 0) is 70.7 Å². The van der Waals surface area contributed by atoms with E-state index < -0.39 is 11.9 Å². The van der Waals surface area contributed by atoms with E-state index in [1.807, 2.05) is 36.4 Å². The van der Waals surface area contributed by atoms with Gasteiger partial charge in [0.1, 0.15) is 13.2 Å². The first kappa shape index (κ1) is 27.8. The second-order valence-electron chi connectivity index (χ2n) is 11.1. The van der Waals surface area contributed by atoms with E-state index in [2.05, 4.69) is 56.9 Å². The van der Waals surface area contributed by atoms with E-state index in [0.29, 0.717) is 16.8 Å². The van der Waals surface area contributed by atoms with Crippen LogP contribution >= 0.6 is 0 Å². The van der Waals surface area contributed by atoms with E-state index in [-0.39, 0.29) is 29.8 Å². The molecule has 0 radical (unpaired) electrons. The quantitative estimate of drug-likeness (QED) is 0.142. The second kappa shape index (κ2) is 11.7. The number of ether oxygens (including phenoxy) is 1. The Kier molecular flexibility index (Phi) is 8.34. The van der Waals surface area contributed by atoms with Crippen LogP contribution in [0.4, 0.5) is 5.69 Å². The van der Waals surface area contributed by atoms with Gasteiger partial charge in [0.2, 0.25) is 0 Å². The van der Waals surface area contributed by atoms with Crippen molar-refractivity contribution in [2.45, 2.75) is 58.0 Å². The number of anilines is 1. The summed E-state index contributed by atoms with van der Waals surface area (Å²) in [7, 11) is 0. The highest BCUT2D eigenvalue weighted by molar-refractivity contribution is 6.48. The van der Waals surface area contributed by atoms with Crippen molar-refractivity contribution in [3.63, 3.8) is 0 Å². The molecule has 3 aromatic carbocycles. The average Bonchev–Trinajstić information content (AvgIpc) is 2.93. The van der Waals surface area contributed by atoms with Crippen LogP contribution in [-0.4, -0.2) is 24.2 Å². The Morgan fingerprint density at radius 1 is 0.897 bits per heavy atom. The molecule has 0 atom stereocenters. The Morgan fingerprint density at radius 2 is 1.54 bits per heavy atom. The van der Waals surface area contributed by atoms with Crippen LogP contribution in [0, 0.1) is 0 Å². The summed E-state index contributed by atoms with van der Waals surface area (Å²) in [5.74, 6) is -0.859. The van der Waals surface area contributed by atoms with Gasteiger partial charge in [-0.15, -0.1) is 0 Å². The van der Waals surface area contributed by atoms with Gasteiger partial charge in [-0.3, -0.25) is 4.79 Å². The monoisotopic (exact) mass is 524 g/mol. The molecule has 6 nitrogen and oxygen atoms in total. The molecule has 0 aliphatic heterocycles. The lowest BCUT2D eigenvalue weighted by Gasteiger charge is -2.42. The van der Waals surface area contributed by atoms with Crippen LogP contribution in [-0.2, 0) is 31.8 Å². The van der Waals surface area contributed by atoms with E-state index >= 15 is 0 Å². The highest BCUT2D eigenvalue weighted by Crippen LogP contribution is 2.46. The van der Waals surface area contributed by atoms with Gasteiger partial charge in [-0.1, -0.05) is 88.0 Å². The molecule has 1 amide bonds. The number of hydrogen-bond acceptors (Lipinski definition) is 5. The Balaban J connectivity index is 1.63. The standard InChI is InChI=1S/C33H36N2O4/c1-6-20-38-31(37)24-12-15-26(16-13-24)34-30(36)29(35-39-22-23-10-8-7-9-11-23)25-14-17-27-28(21-25)33(4,5)19-18-32(27,2)3/h6-17,21H,1,18-20,22H2,2-5H3,(H,34,36)/b35-29+. The minimum atomic E-state index is -0.455.